The second-order valence-corrected chi connectivity index (χ2v) is 6.20. The van der Waals surface area contributed by atoms with Crippen LogP contribution >= 0.6 is 0 Å². The van der Waals surface area contributed by atoms with E-state index in [4.69, 9.17) is 19.2 Å². The lowest BCUT2D eigenvalue weighted by Gasteiger charge is -2.15. The summed E-state index contributed by atoms with van der Waals surface area (Å²) >= 11 is 0. The summed E-state index contributed by atoms with van der Waals surface area (Å²) in [6.45, 7) is 3.15. The number of aromatic nitrogens is 2. The highest BCUT2D eigenvalue weighted by atomic mass is 16.5. The summed E-state index contributed by atoms with van der Waals surface area (Å²) in [6.07, 6.45) is 3.50. The number of rotatable bonds is 8. The Labute approximate surface area is 154 Å². The van der Waals surface area contributed by atoms with E-state index in [0.29, 0.717) is 17.2 Å². The molecular weight excluding hydrogens is 328 g/mol. The molecule has 3 rings (SSSR count). The van der Waals surface area contributed by atoms with Gasteiger partial charge in [0, 0.05) is 12.1 Å². The van der Waals surface area contributed by atoms with Gasteiger partial charge in [-0.2, -0.15) is 0 Å². The molecule has 5 heteroatoms. The number of benzene rings is 2. The van der Waals surface area contributed by atoms with Crippen LogP contribution in [0.3, 0.4) is 0 Å². The zero-order chi connectivity index (χ0) is 18.5. The van der Waals surface area contributed by atoms with Crippen molar-refractivity contribution >= 4 is 11.0 Å². The number of imidazole rings is 1. The van der Waals surface area contributed by atoms with Gasteiger partial charge in [0.1, 0.15) is 5.82 Å². The van der Waals surface area contributed by atoms with Crippen molar-refractivity contribution in [1.29, 1.82) is 0 Å². The Balaban J connectivity index is 2.16. The Morgan fingerprint density at radius 2 is 1.62 bits per heavy atom. The molecule has 0 spiro atoms. The number of para-hydroxylation sites is 2. The summed E-state index contributed by atoms with van der Waals surface area (Å²) < 4.78 is 18.7. The van der Waals surface area contributed by atoms with Gasteiger partial charge < -0.3 is 18.8 Å². The Morgan fingerprint density at radius 1 is 0.923 bits per heavy atom. The third-order valence-corrected chi connectivity index (χ3v) is 4.56. The predicted octanol–water partition coefficient (Wildman–Crippen LogP) is 4.92. The second-order valence-electron chi connectivity index (χ2n) is 6.20. The van der Waals surface area contributed by atoms with Crippen LogP contribution in [0.1, 0.15) is 26.2 Å². The molecule has 2 aromatic carbocycles. The Hall–Kier alpha value is -2.69. The van der Waals surface area contributed by atoms with Gasteiger partial charge >= 0.3 is 0 Å². The number of methoxy groups -OCH3 is 3. The van der Waals surface area contributed by atoms with Crippen molar-refractivity contribution in [1.82, 2.24) is 9.55 Å². The van der Waals surface area contributed by atoms with Crippen molar-refractivity contribution < 1.29 is 14.2 Å². The van der Waals surface area contributed by atoms with Crippen LogP contribution in [-0.4, -0.2) is 30.9 Å². The van der Waals surface area contributed by atoms with Crippen molar-refractivity contribution in [2.24, 2.45) is 0 Å². The first-order valence-electron chi connectivity index (χ1n) is 8.99. The smallest absolute Gasteiger partial charge is 0.203 e. The van der Waals surface area contributed by atoms with Gasteiger partial charge in [-0.25, -0.2) is 4.98 Å². The molecule has 0 amide bonds. The molecule has 0 bridgehead atoms. The lowest BCUT2D eigenvalue weighted by atomic mass is 10.1. The molecule has 0 saturated heterocycles. The van der Waals surface area contributed by atoms with Crippen molar-refractivity contribution in [2.75, 3.05) is 21.3 Å². The number of fused-ring (bicyclic) bond motifs is 1. The summed E-state index contributed by atoms with van der Waals surface area (Å²) in [6, 6.07) is 12.2. The minimum absolute atomic E-state index is 0.590. The molecule has 0 unspecified atom stereocenters. The molecule has 138 valence electrons. The predicted molar refractivity (Wildman–Crippen MR) is 104 cm³/mol. The number of ether oxygens (including phenoxy) is 3. The third-order valence-electron chi connectivity index (χ3n) is 4.56. The number of unbranched alkanes of at least 4 members (excludes halogenated alkanes) is 2. The number of nitrogens with zero attached hydrogens (tertiary/aromatic N) is 2. The number of aryl methyl sites for hydroxylation is 1. The first-order chi connectivity index (χ1) is 12.7. The SMILES string of the molecule is CCCCCn1c(-c2cc(OC)c(OC)c(OC)c2)nc2ccccc21. The molecule has 0 radical (unpaired) electrons. The van der Waals surface area contributed by atoms with Gasteiger partial charge in [-0.15, -0.1) is 0 Å². The van der Waals surface area contributed by atoms with Gasteiger partial charge in [0.05, 0.1) is 32.4 Å². The van der Waals surface area contributed by atoms with E-state index in [2.05, 4.69) is 23.6 Å². The zero-order valence-electron chi connectivity index (χ0n) is 15.9. The van der Waals surface area contributed by atoms with Gasteiger partial charge in [0.2, 0.25) is 5.75 Å². The highest BCUT2D eigenvalue weighted by Gasteiger charge is 2.18. The van der Waals surface area contributed by atoms with E-state index in [9.17, 15) is 0 Å². The number of hydrogen-bond acceptors (Lipinski definition) is 4. The fourth-order valence-electron chi connectivity index (χ4n) is 3.25. The molecule has 0 saturated carbocycles. The van der Waals surface area contributed by atoms with Crippen LogP contribution < -0.4 is 14.2 Å². The maximum Gasteiger partial charge on any atom is 0.203 e. The topological polar surface area (TPSA) is 45.5 Å². The highest BCUT2D eigenvalue weighted by molar-refractivity contribution is 5.81. The lowest BCUT2D eigenvalue weighted by Crippen LogP contribution is -2.02. The van der Waals surface area contributed by atoms with E-state index in [1.807, 2.05) is 24.3 Å². The standard InChI is InChI=1S/C21H26N2O3/c1-5-6-9-12-23-17-11-8-7-10-16(17)22-21(23)15-13-18(24-2)20(26-4)19(14-15)25-3/h7-8,10-11,13-14H,5-6,9,12H2,1-4H3. The fraction of sp³-hybridized carbons (Fsp3) is 0.381. The van der Waals surface area contributed by atoms with E-state index >= 15 is 0 Å². The molecule has 3 aromatic rings. The average Bonchev–Trinajstić information content (AvgIpc) is 3.05. The van der Waals surface area contributed by atoms with Gasteiger partial charge in [-0.1, -0.05) is 31.9 Å². The summed E-state index contributed by atoms with van der Waals surface area (Å²) in [7, 11) is 4.87. The van der Waals surface area contributed by atoms with Crippen molar-refractivity contribution in [3.63, 3.8) is 0 Å². The fourth-order valence-corrected chi connectivity index (χ4v) is 3.25. The van der Waals surface area contributed by atoms with Crippen LogP contribution in [0, 0.1) is 0 Å². The highest BCUT2D eigenvalue weighted by Crippen LogP contribution is 2.41. The average molecular weight is 354 g/mol. The van der Waals surface area contributed by atoms with E-state index < -0.39 is 0 Å². The van der Waals surface area contributed by atoms with E-state index in [-0.39, 0.29) is 0 Å². The van der Waals surface area contributed by atoms with Crippen LogP contribution in [0.2, 0.25) is 0 Å². The molecule has 26 heavy (non-hydrogen) atoms. The first kappa shape index (κ1) is 18.1. The minimum atomic E-state index is 0.590. The summed E-state index contributed by atoms with van der Waals surface area (Å²) in [4.78, 5) is 4.88. The van der Waals surface area contributed by atoms with E-state index in [1.165, 1.54) is 12.8 Å². The van der Waals surface area contributed by atoms with E-state index in [0.717, 1.165) is 35.4 Å². The minimum Gasteiger partial charge on any atom is -0.493 e. The molecule has 0 aliphatic heterocycles. The van der Waals surface area contributed by atoms with Crippen molar-refractivity contribution in [3.8, 4) is 28.6 Å². The molecule has 0 aliphatic rings. The largest absolute Gasteiger partial charge is 0.493 e. The molecule has 0 atom stereocenters. The van der Waals surface area contributed by atoms with Crippen LogP contribution in [0.25, 0.3) is 22.4 Å². The quantitative estimate of drug-likeness (QED) is 0.539. The molecule has 0 N–H and O–H groups in total. The molecule has 5 nitrogen and oxygen atoms in total. The van der Waals surface area contributed by atoms with Gasteiger partial charge in [0.25, 0.3) is 0 Å². The molecule has 0 aliphatic carbocycles. The van der Waals surface area contributed by atoms with Crippen LogP contribution in [0.15, 0.2) is 36.4 Å². The Morgan fingerprint density at radius 3 is 2.23 bits per heavy atom. The molecule has 1 aromatic heterocycles. The van der Waals surface area contributed by atoms with Gasteiger partial charge in [-0.3, -0.25) is 0 Å². The first-order valence-corrected chi connectivity index (χ1v) is 8.99. The van der Waals surface area contributed by atoms with Crippen molar-refractivity contribution in [2.45, 2.75) is 32.7 Å². The van der Waals surface area contributed by atoms with Crippen LogP contribution in [-0.2, 0) is 6.54 Å². The van der Waals surface area contributed by atoms with Crippen LogP contribution in [0.4, 0.5) is 0 Å². The zero-order valence-corrected chi connectivity index (χ0v) is 15.9. The second kappa shape index (κ2) is 8.13. The molecular formula is C21H26N2O3. The Bertz CT molecular complexity index is 861. The van der Waals surface area contributed by atoms with Crippen LogP contribution in [0.5, 0.6) is 17.2 Å². The van der Waals surface area contributed by atoms with Crippen molar-refractivity contribution in [3.05, 3.63) is 36.4 Å². The van der Waals surface area contributed by atoms with Gasteiger partial charge in [-0.05, 0) is 30.7 Å². The normalized spacial score (nSPS) is 10.9. The monoisotopic (exact) mass is 354 g/mol. The number of hydrogen-bond donors (Lipinski definition) is 0. The summed E-state index contributed by atoms with van der Waals surface area (Å²) in [5.41, 5.74) is 3.09. The van der Waals surface area contributed by atoms with Gasteiger partial charge in [0.15, 0.2) is 11.5 Å². The Kier molecular flexibility index (Phi) is 5.66. The third kappa shape index (κ3) is 3.34. The van der Waals surface area contributed by atoms with E-state index in [1.54, 1.807) is 21.3 Å². The maximum atomic E-state index is 5.51. The summed E-state index contributed by atoms with van der Waals surface area (Å²) in [5.74, 6) is 2.77. The molecule has 0 fully saturated rings. The lowest BCUT2D eigenvalue weighted by molar-refractivity contribution is 0.324. The molecule has 1 heterocycles. The summed E-state index contributed by atoms with van der Waals surface area (Å²) in [5, 5.41) is 0. The maximum absolute atomic E-state index is 5.51.